The molecule has 0 fully saturated rings. The number of benzene rings is 3. The molecule has 0 spiro atoms. The average molecular weight is 479 g/mol. The zero-order chi connectivity index (χ0) is 23.1. The zero-order valence-corrected chi connectivity index (χ0v) is 19.4. The first kappa shape index (κ1) is 24.0. The first-order valence-corrected chi connectivity index (χ1v) is 11.2. The summed E-state index contributed by atoms with van der Waals surface area (Å²) in [5, 5.41) is 2.55. The minimum absolute atomic E-state index is 0.177. The summed E-state index contributed by atoms with van der Waals surface area (Å²) in [6.07, 6.45) is 1.52. The molecule has 3 aromatic carbocycles. The van der Waals surface area contributed by atoms with Gasteiger partial charge in [0, 0.05) is 26.6 Å². The molecule has 6 nitrogen and oxygen atoms in total. The van der Waals surface area contributed by atoms with Gasteiger partial charge in [-0.05, 0) is 37.1 Å². The minimum atomic E-state index is -0.853. The van der Waals surface area contributed by atoms with Crippen LogP contribution in [0.15, 0.2) is 36.4 Å². The molecule has 8 heteroatoms. The summed E-state index contributed by atoms with van der Waals surface area (Å²) >= 11 is 12.7. The van der Waals surface area contributed by atoms with Crippen molar-refractivity contribution in [1.82, 2.24) is 0 Å². The Morgan fingerprint density at radius 1 is 0.781 bits per heavy atom. The Labute approximate surface area is 196 Å². The predicted octanol–water partition coefficient (Wildman–Crippen LogP) is 7.93. The van der Waals surface area contributed by atoms with Crippen molar-refractivity contribution in [1.29, 1.82) is 0 Å². The summed E-state index contributed by atoms with van der Waals surface area (Å²) in [7, 11) is 0. The van der Waals surface area contributed by atoms with Gasteiger partial charge in [0.1, 0.15) is 0 Å². The Kier molecular flexibility index (Phi) is 8.42. The van der Waals surface area contributed by atoms with Crippen LogP contribution in [-0.2, 0) is 9.47 Å². The van der Waals surface area contributed by atoms with Crippen LogP contribution >= 0.6 is 23.2 Å². The number of halogens is 2. The van der Waals surface area contributed by atoms with Crippen LogP contribution in [0, 0.1) is 0 Å². The fourth-order valence-corrected chi connectivity index (χ4v) is 3.60. The fourth-order valence-electron chi connectivity index (χ4n) is 3.17. The van der Waals surface area contributed by atoms with Crippen molar-refractivity contribution in [2.75, 3.05) is 13.2 Å². The smallest absolute Gasteiger partial charge is 0.434 e. The average Bonchev–Trinajstić information content (AvgIpc) is 2.76. The first-order chi connectivity index (χ1) is 15.5. The number of fused-ring (bicyclic) bond motifs is 2. The molecule has 0 atom stereocenters. The normalized spacial score (nSPS) is 10.9. The summed E-state index contributed by atoms with van der Waals surface area (Å²) in [6.45, 7) is 4.48. The highest BCUT2D eigenvalue weighted by atomic mass is 35.5. The molecule has 3 aromatic rings. The van der Waals surface area contributed by atoms with E-state index in [1.54, 1.807) is 36.4 Å². The Balaban J connectivity index is 2.13. The van der Waals surface area contributed by atoms with Crippen molar-refractivity contribution in [3.8, 4) is 11.5 Å². The summed E-state index contributed by atoms with van der Waals surface area (Å²) < 4.78 is 21.5. The molecule has 0 saturated heterocycles. The number of hydrogen-bond donors (Lipinski definition) is 0. The molecular formula is C24H24Cl2O6. The summed E-state index contributed by atoms with van der Waals surface area (Å²) in [5.74, 6) is 0.415. The van der Waals surface area contributed by atoms with Gasteiger partial charge in [0.25, 0.3) is 0 Å². The molecule has 0 unspecified atom stereocenters. The number of unbranched alkanes of at least 4 members (excludes halogenated alkanes) is 2. The molecule has 0 bridgehead atoms. The Morgan fingerprint density at radius 2 is 1.41 bits per heavy atom. The van der Waals surface area contributed by atoms with Gasteiger partial charge in [-0.3, -0.25) is 0 Å². The largest absolute Gasteiger partial charge is 0.513 e. The second kappa shape index (κ2) is 11.2. The van der Waals surface area contributed by atoms with E-state index in [1.807, 2.05) is 13.8 Å². The van der Waals surface area contributed by atoms with Crippen LogP contribution in [0.3, 0.4) is 0 Å². The van der Waals surface area contributed by atoms with E-state index in [2.05, 4.69) is 0 Å². The Bertz CT molecular complexity index is 1130. The van der Waals surface area contributed by atoms with Crippen molar-refractivity contribution in [3.05, 3.63) is 46.4 Å². The highest BCUT2D eigenvalue weighted by molar-refractivity contribution is 6.38. The number of rotatable bonds is 8. The predicted molar refractivity (Wildman–Crippen MR) is 125 cm³/mol. The van der Waals surface area contributed by atoms with E-state index in [0.717, 1.165) is 25.7 Å². The van der Waals surface area contributed by atoms with E-state index in [4.69, 9.17) is 42.1 Å². The maximum absolute atomic E-state index is 12.4. The van der Waals surface area contributed by atoms with E-state index in [1.165, 1.54) is 0 Å². The van der Waals surface area contributed by atoms with Crippen molar-refractivity contribution >= 4 is 57.1 Å². The number of hydrogen-bond acceptors (Lipinski definition) is 6. The molecule has 0 N–H and O–H groups in total. The number of carbonyl (C=O) groups is 2. The maximum atomic E-state index is 12.4. The van der Waals surface area contributed by atoms with E-state index in [-0.39, 0.29) is 24.7 Å². The van der Waals surface area contributed by atoms with E-state index in [0.29, 0.717) is 31.6 Å². The van der Waals surface area contributed by atoms with Crippen LogP contribution in [0.5, 0.6) is 11.5 Å². The topological polar surface area (TPSA) is 71.1 Å². The lowest BCUT2D eigenvalue weighted by molar-refractivity contribution is 0.0970. The molecule has 0 heterocycles. The lowest BCUT2D eigenvalue weighted by atomic mass is 10.0. The van der Waals surface area contributed by atoms with Crippen molar-refractivity contribution < 1.29 is 28.5 Å². The fraction of sp³-hybridized carbons (Fsp3) is 0.333. The van der Waals surface area contributed by atoms with Gasteiger partial charge < -0.3 is 18.9 Å². The highest BCUT2D eigenvalue weighted by Gasteiger charge is 2.23. The van der Waals surface area contributed by atoms with Gasteiger partial charge >= 0.3 is 12.3 Å². The van der Waals surface area contributed by atoms with E-state index < -0.39 is 12.3 Å². The second-order valence-electron chi connectivity index (χ2n) is 7.12. The van der Waals surface area contributed by atoms with Crippen molar-refractivity contribution in [3.63, 3.8) is 0 Å². The third-order valence-electron chi connectivity index (χ3n) is 4.76. The van der Waals surface area contributed by atoms with Gasteiger partial charge in [-0.15, -0.1) is 0 Å². The molecule has 0 radical (unpaired) electrons. The lowest BCUT2D eigenvalue weighted by Gasteiger charge is -2.17. The third-order valence-corrected chi connectivity index (χ3v) is 5.31. The molecule has 0 aliphatic rings. The molecule has 32 heavy (non-hydrogen) atoms. The molecule has 0 aliphatic carbocycles. The van der Waals surface area contributed by atoms with Crippen LogP contribution in [-0.4, -0.2) is 25.5 Å². The van der Waals surface area contributed by atoms with Crippen molar-refractivity contribution in [2.24, 2.45) is 0 Å². The summed E-state index contributed by atoms with van der Waals surface area (Å²) in [4.78, 5) is 24.7. The summed E-state index contributed by atoms with van der Waals surface area (Å²) in [6, 6.07) is 10.0. The Morgan fingerprint density at radius 3 is 2.03 bits per heavy atom. The van der Waals surface area contributed by atoms with Gasteiger partial charge in [0.2, 0.25) is 0 Å². The van der Waals surface area contributed by atoms with Crippen LogP contribution in [0.1, 0.15) is 39.5 Å². The Hall–Kier alpha value is -2.70. The molecule has 0 amide bonds. The third kappa shape index (κ3) is 5.56. The minimum Gasteiger partial charge on any atom is -0.434 e. The van der Waals surface area contributed by atoms with Gasteiger partial charge in [-0.25, -0.2) is 9.59 Å². The zero-order valence-electron chi connectivity index (χ0n) is 17.9. The highest BCUT2D eigenvalue weighted by Crippen LogP contribution is 2.46. The molecule has 0 aliphatic heterocycles. The van der Waals surface area contributed by atoms with Crippen LogP contribution in [0.25, 0.3) is 21.5 Å². The maximum Gasteiger partial charge on any atom is 0.513 e. The van der Waals surface area contributed by atoms with E-state index >= 15 is 0 Å². The number of carbonyl (C=O) groups excluding carboxylic acids is 2. The lowest BCUT2D eigenvalue weighted by Crippen LogP contribution is -2.14. The second-order valence-corrected chi connectivity index (χ2v) is 7.96. The molecular weight excluding hydrogens is 455 g/mol. The van der Waals surface area contributed by atoms with Gasteiger partial charge in [0.15, 0.2) is 11.5 Å². The molecule has 0 saturated carbocycles. The molecule has 3 rings (SSSR count). The van der Waals surface area contributed by atoms with Crippen molar-refractivity contribution in [2.45, 2.75) is 39.5 Å². The van der Waals surface area contributed by atoms with Gasteiger partial charge in [-0.1, -0.05) is 62.0 Å². The summed E-state index contributed by atoms with van der Waals surface area (Å²) in [5.41, 5.74) is 0. The SMILES string of the molecule is CCCCOC(=O)Oc1c2ccc(Cl)cc2c(OC(=O)OCCCC)c2c(Cl)cccc12. The quantitative estimate of drug-likeness (QED) is 0.141. The van der Waals surface area contributed by atoms with Crippen LogP contribution in [0.4, 0.5) is 9.59 Å². The van der Waals surface area contributed by atoms with Gasteiger partial charge in [0.05, 0.1) is 18.2 Å². The van der Waals surface area contributed by atoms with E-state index in [9.17, 15) is 9.59 Å². The standard InChI is InChI=1S/C24H24Cl2O6/c1-3-5-12-29-23(27)31-21-16-11-10-15(25)14-18(16)22(32-24(28)30-13-6-4-2)20-17(21)8-7-9-19(20)26/h7-11,14H,3-6,12-13H2,1-2H3. The molecule has 0 aromatic heterocycles. The van der Waals surface area contributed by atoms with Crippen LogP contribution < -0.4 is 9.47 Å². The monoisotopic (exact) mass is 478 g/mol. The molecule has 170 valence electrons. The van der Waals surface area contributed by atoms with Crippen LogP contribution in [0.2, 0.25) is 10.0 Å². The van der Waals surface area contributed by atoms with Gasteiger partial charge in [-0.2, -0.15) is 0 Å². The first-order valence-electron chi connectivity index (χ1n) is 10.5. The number of ether oxygens (including phenoxy) is 4.